The second kappa shape index (κ2) is 6.37. The number of amides is 1. The Hall–Kier alpha value is -2.05. The standard InChI is InChI=1S/C16H13FN2OS2/c1-10-6-7-21-14(10)15(20)19-16-18-9-13(22-16)8-11-2-4-12(17)5-3-11/h2-7,9H,8H2,1H3,(H,18,19,20). The highest BCUT2D eigenvalue weighted by Gasteiger charge is 2.12. The van der Waals surface area contributed by atoms with Crippen LogP contribution in [0.4, 0.5) is 9.52 Å². The molecule has 1 N–H and O–H groups in total. The molecule has 0 bridgehead atoms. The third kappa shape index (κ3) is 3.40. The number of benzene rings is 1. The number of hydrogen-bond acceptors (Lipinski definition) is 4. The Kier molecular flexibility index (Phi) is 4.31. The second-order valence-electron chi connectivity index (χ2n) is 4.82. The molecule has 0 atom stereocenters. The fourth-order valence-electron chi connectivity index (χ4n) is 2.01. The predicted molar refractivity (Wildman–Crippen MR) is 88.3 cm³/mol. The Morgan fingerprint density at radius 2 is 2.05 bits per heavy atom. The molecule has 3 rings (SSSR count). The van der Waals surface area contributed by atoms with Gasteiger partial charge < -0.3 is 0 Å². The van der Waals surface area contributed by atoms with Crippen LogP contribution in [-0.4, -0.2) is 10.9 Å². The van der Waals surface area contributed by atoms with E-state index < -0.39 is 0 Å². The maximum absolute atomic E-state index is 12.9. The number of carbonyl (C=O) groups excluding carboxylic acids is 1. The van der Waals surface area contributed by atoms with E-state index in [9.17, 15) is 9.18 Å². The van der Waals surface area contributed by atoms with Crippen molar-refractivity contribution < 1.29 is 9.18 Å². The Bertz CT molecular complexity index is 793. The van der Waals surface area contributed by atoms with Crippen molar-refractivity contribution in [3.05, 3.63) is 68.6 Å². The van der Waals surface area contributed by atoms with Gasteiger partial charge in [-0.15, -0.1) is 22.7 Å². The van der Waals surface area contributed by atoms with E-state index in [2.05, 4.69) is 10.3 Å². The van der Waals surface area contributed by atoms with Crippen molar-refractivity contribution in [2.75, 3.05) is 5.32 Å². The fraction of sp³-hybridized carbons (Fsp3) is 0.125. The van der Waals surface area contributed by atoms with Gasteiger partial charge in [-0.25, -0.2) is 9.37 Å². The van der Waals surface area contributed by atoms with Crippen LogP contribution in [0.5, 0.6) is 0 Å². The van der Waals surface area contributed by atoms with E-state index >= 15 is 0 Å². The number of thiazole rings is 1. The molecule has 0 aliphatic carbocycles. The Morgan fingerprint density at radius 1 is 1.27 bits per heavy atom. The zero-order valence-electron chi connectivity index (χ0n) is 11.8. The Morgan fingerprint density at radius 3 is 2.73 bits per heavy atom. The lowest BCUT2D eigenvalue weighted by molar-refractivity contribution is 0.103. The molecule has 22 heavy (non-hydrogen) atoms. The van der Waals surface area contributed by atoms with E-state index in [1.54, 1.807) is 18.3 Å². The number of rotatable bonds is 4. The first-order chi connectivity index (χ1) is 10.6. The summed E-state index contributed by atoms with van der Waals surface area (Å²) in [5.41, 5.74) is 1.97. The van der Waals surface area contributed by atoms with E-state index in [1.807, 2.05) is 18.4 Å². The highest BCUT2D eigenvalue weighted by Crippen LogP contribution is 2.23. The van der Waals surface area contributed by atoms with Crippen LogP contribution < -0.4 is 5.32 Å². The van der Waals surface area contributed by atoms with Crippen LogP contribution in [0, 0.1) is 12.7 Å². The molecule has 3 aromatic rings. The van der Waals surface area contributed by atoms with Gasteiger partial charge in [0.05, 0.1) is 4.88 Å². The average Bonchev–Trinajstić information content (AvgIpc) is 3.10. The van der Waals surface area contributed by atoms with Crippen LogP contribution in [-0.2, 0) is 6.42 Å². The lowest BCUT2D eigenvalue weighted by Gasteiger charge is -2.00. The van der Waals surface area contributed by atoms with Crippen molar-refractivity contribution >= 4 is 33.7 Å². The fourth-order valence-corrected chi connectivity index (χ4v) is 3.67. The number of nitrogens with zero attached hydrogens (tertiary/aromatic N) is 1. The molecule has 0 saturated heterocycles. The first-order valence-corrected chi connectivity index (χ1v) is 8.36. The molecule has 0 spiro atoms. The van der Waals surface area contributed by atoms with Gasteiger partial charge in [0.2, 0.25) is 0 Å². The van der Waals surface area contributed by atoms with E-state index in [0.29, 0.717) is 16.4 Å². The summed E-state index contributed by atoms with van der Waals surface area (Å²) in [6.07, 6.45) is 2.41. The quantitative estimate of drug-likeness (QED) is 0.764. The molecule has 1 aromatic carbocycles. The van der Waals surface area contributed by atoms with Gasteiger partial charge in [-0.3, -0.25) is 10.1 Å². The summed E-state index contributed by atoms with van der Waals surface area (Å²) in [6, 6.07) is 8.31. The molecule has 0 unspecified atom stereocenters. The third-order valence-corrected chi connectivity index (χ3v) is 5.06. The van der Waals surface area contributed by atoms with Crippen LogP contribution in [0.3, 0.4) is 0 Å². The topological polar surface area (TPSA) is 42.0 Å². The zero-order chi connectivity index (χ0) is 15.5. The monoisotopic (exact) mass is 332 g/mol. The molecule has 0 radical (unpaired) electrons. The smallest absolute Gasteiger partial charge is 0.267 e. The highest BCUT2D eigenvalue weighted by molar-refractivity contribution is 7.16. The van der Waals surface area contributed by atoms with E-state index in [-0.39, 0.29) is 11.7 Å². The molecule has 0 saturated carbocycles. The van der Waals surface area contributed by atoms with Crippen molar-refractivity contribution in [1.82, 2.24) is 4.98 Å². The van der Waals surface area contributed by atoms with Crippen molar-refractivity contribution in [2.45, 2.75) is 13.3 Å². The molecule has 0 fully saturated rings. The number of anilines is 1. The van der Waals surface area contributed by atoms with Gasteiger partial charge in [0.15, 0.2) is 5.13 Å². The summed E-state index contributed by atoms with van der Waals surface area (Å²) in [6.45, 7) is 1.91. The van der Waals surface area contributed by atoms with Crippen molar-refractivity contribution in [1.29, 1.82) is 0 Å². The minimum Gasteiger partial charge on any atom is -0.297 e. The van der Waals surface area contributed by atoms with Crippen LogP contribution in [0.1, 0.15) is 25.7 Å². The van der Waals surface area contributed by atoms with Crippen molar-refractivity contribution in [3.8, 4) is 0 Å². The molecule has 112 valence electrons. The highest BCUT2D eigenvalue weighted by atomic mass is 32.1. The number of halogens is 1. The van der Waals surface area contributed by atoms with Gasteiger partial charge in [0.25, 0.3) is 5.91 Å². The molecule has 2 heterocycles. The van der Waals surface area contributed by atoms with Gasteiger partial charge in [-0.05, 0) is 41.6 Å². The summed E-state index contributed by atoms with van der Waals surface area (Å²) in [5.74, 6) is -0.373. The minimum absolute atomic E-state index is 0.129. The second-order valence-corrected chi connectivity index (χ2v) is 6.85. The number of nitrogens with one attached hydrogen (secondary N) is 1. The van der Waals surface area contributed by atoms with Gasteiger partial charge in [0.1, 0.15) is 5.82 Å². The first kappa shape index (κ1) is 14.9. The molecule has 0 aliphatic rings. The summed E-state index contributed by atoms with van der Waals surface area (Å²) in [4.78, 5) is 18.1. The average molecular weight is 332 g/mol. The SMILES string of the molecule is Cc1ccsc1C(=O)Nc1ncc(Cc2ccc(F)cc2)s1. The van der Waals surface area contributed by atoms with Gasteiger partial charge in [-0.1, -0.05) is 12.1 Å². The van der Waals surface area contributed by atoms with Crippen LogP contribution in [0.2, 0.25) is 0 Å². The number of thiophene rings is 1. The normalized spacial score (nSPS) is 10.6. The molecular weight excluding hydrogens is 319 g/mol. The van der Waals surface area contributed by atoms with E-state index in [1.165, 1.54) is 34.8 Å². The molecule has 1 amide bonds. The lowest BCUT2D eigenvalue weighted by Crippen LogP contribution is -2.10. The van der Waals surface area contributed by atoms with Crippen LogP contribution in [0.15, 0.2) is 41.9 Å². The van der Waals surface area contributed by atoms with Crippen molar-refractivity contribution in [3.63, 3.8) is 0 Å². The maximum atomic E-state index is 12.9. The number of carbonyl (C=O) groups is 1. The van der Waals surface area contributed by atoms with Crippen molar-refractivity contribution in [2.24, 2.45) is 0 Å². The summed E-state index contributed by atoms with van der Waals surface area (Å²) in [7, 11) is 0. The summed E-state index contributed by atoms with van der Waals surface area (Å²) >= 11 is 2.85. The number of aryl methyl sites for hydroxylation is 1. The summed E-state index contributed by atoms with van der Waals surface area (Å²) < 4.78 is 12.9. The van der Waals surface area contributed by atoms with E-state index in [0.717, 1.165) is 16.0 Å². The minimum atomic E-state index is -0.243. The molecule has 0 aliphatic heterocycles. The van der Waals surface area contributed by atoms with E-state index in [4.69, 9.17) is 0 Å². The zero-order valence-corrected chi connectivity index (χ0v) is 13.4. The first-order valence-electron chi connectivity index (χ1n) is 6.66. The van der Waals surface area contributed by atoms with Crippen LogP contribution in [0.25, 0.3) is 0 Å². The number of aromatic nitrogens is 1. The largest absolute Gasteiger partial charge is 0.297 e. The predicted octanol–water partition coefficient (Wildman–Crippen LogP) is 4.50. The molecule has 2 aromatic heterocycles. The summed E-state index contributed by atoms with van der Waals surface area (Å²) in [5, 5.41) is 5.29. The van der Waals surface area contributed by atoms with Gasteiger partial charge in [-0.2, -0.15) is 0 Å². The van der Waals surface area contributed by atoms with Gasteiger partial charge in [0, 0.05) is 17.5 Å². The number of hydrogen-bond donors (Lipinski definition) is 1. The maximum Gasteiger partial charge on any atom is 0.267 e. The Balaban J connectivity index is 1.67. The molecule has 6 heteroatoms. The third-order valence-electron chi connectivity index (χ3n) is 3.13. The Labute approximate surface area is 135 Å². The molecule has 3 nitrogen and oxygen atoms in total. The lowest BCUT2D eigenvalue weighted by atomic mass is 10.1. The van der Waals surface area contributed by atoms with Gasteiger partial charge >= 0.3 is 0 Å². The van der Waals surface area contributed by atoms with Crippen LogP contribution >= 0.6 is 22.7 Å². The molecular formula is C16H13FN2OS2.